The quantitative estimate of drug-likeness (QED) is 0.338. The molecular formula is C26H22F2N6O3S. The maximum absolute atomic E-state index is 13.5. The number of sulfonamides is 1. The highest BCUT2D eigenvalue weighted by Gasteiger charge is 2.31. The summed E-state index contributed by atoms with van der Waals surface area (Å²) in [7, 11) is -3.77. The molecule has 0 unspecified atom stereocenters. The summed E-state index contributed by atoms with van der Waals surface area (Å²) in [5.74, 6) is -0.152. The predicted molar refractivity (Wildman–Crippen MR) is 136 cm³/mol. The standard InChI is InChI=1S/C26H22F2N6O3S/c27-18-5-3-17(4-6-18)23-24(34-14-15-37-26(34)32-23)22-11-12-29-25(31-22)30-20-2-1-13-33(16-20)38(35,36)21-9-7-19(28)8-10-21/h3-12,14-15,20H,1-2,13,16H2,(H,29,30,31)/t20-/m1/s1. The Morgan fingerprint density at radius 2 is 1.71 bits per heavy atom. The van der Waals surface area contributed by atoms with Crippen LogP contribution in [0.15, 0.2) is 82.6 Å². The average Bonchev–Trinajstić information content (AvgIpc) is 3.51. The Balaban J connectivity index is 1.27. The van der Waals surface area contributed by atoms with E-state index in [0.29, 0.717) is 47.4 Å². The Kier molecular flexibility index (Phi) is 6.12. The molecule has 2 aromatic carbocycles. The number of aromatic nitrogens is 4. The van der Waals surface area contributed by atoms with Crippen molar-refractivity contribution in [2.24, 2.45) is 0 Å². The molecule has 38 heavy (non-hydrogen) atoms. The lowest BCUT2D eigenvalue weighted by molar-refractivity contribution is 0.326. The van der Waals surface area contributed by atoms with Gasteiger partial charge in [0.2, 0.25) is 16.0 Å². The maximum atomic E-state index is 13.5. The molecular weight excluding hydrogens is 514 g/mol. The molecule has 0 spiro atoms. The first-order valence-electron chi connectivity index (χ1n) is 12.0. The van der Waals surface area contributed by atoms with E-state index in [1.54, 1.807) is 35.0 Å². The van der Waals surface area contributed by atoms with Crippen LogP contribution >= 0.6 is 0 Å². The first-order chi connectivity index (χ1) is 18.4. The SMILES string of the molecule is O=S(=O)(c1ccc(F)cc1)N1CCC[C@@H](Nc2nccc(-c3c(-c4ccc(F)cc4)nc4occn34)n2)C1. The van der Waals surface area contributed by atoms with Gasteiger partial charge in [-0.2, -0.15) is 9.29 Å². The van der Waals surface area contributed by atoms with Crippen LogP contribution in [-0.4, -0.2) is 51.2 Å². The molecule has 4 heterocycles. The van der Waals surface area contributed by atoms with Gasteiger partial charge in [-0.25, -0.2) is 27.2 Å². The third kappa shape index (κ3) is 4.52. The number of piperidine rings is 1. The number of hydrogen-bond donors (Lipinski definition) is 1. The van der Waals surface area contributed by atoms with Crippen molar-refractivity contribution < 1.29 is 21.6 Å². The number of anilines is 1. The fraction of sp³-hybridized carbons (Fsp3) is 0.192. The van der Waals surface area contributed by atoms with Gasteiger partial charge in [-0.15, -0.1) is 0 Å². The Bertz CT molecular complexity index is 1700. The van der Waals surface area contributed by atoms with E-state index >= 15 is 0 Å². The van der Waals surface area contributed by atoms with Gasteiger partial charge in [-0.1, -0.05) is 0 Å². The van der Waals surface area contributed by atoms with Crippen LogP contribution in [0.5, 0.6) is 0 Å². The van der Waals surface area contributed by atoms with Crippen LogP contribution in [-0.2, 0) is 10.0 Å². The first kappa shape index (κ1) is 24.2. The summed E-state index contributed by atoms with van der Waals surface area (Å²) < 4.78 is 61.7. The largest absolute Gasteiger partial charge is 0.432 e. The molecule has 9 nitrogen and oxygen atoms in total. The maximum Gasteiger partial charge on any atom is 0.306 e. The molecule has 0 saturated carbocycles. The molecule has 0 amide bonds. The van der Waals surface area contributed by atoms with Crippen LogP contribution in [0.25, 0.3) is 28.5 Å². The number of oxazole rings is 1. The van der Waals surface area contributed by atoms with E-state index in [4.69, 9.17) is 4.42 Å². The fourth-order valence-corrected chi connectivity index (χ4v) is 6.14. The van der Waals surface area contributed by atoms with E-state index < -0.39 is 15.8 Å². The third-order valence-corrected chi connectivity index (χ3v) is 8.33. The van der Waals surface area contributed by atoms with Gasteiger partial charge in [0.05, 0.1) is 10.6 Å². The Morgan fingerprint density at radius 3 is 2.47 bits per heavy atom. The smallest absolute Gasteiger partial charge is 0.306 e. The molecule has 6 rings (SSSR count). The summed E-state index contributed by atoms with van der Waals surface area (Å²) in [5, 5.41) is 3.26. The van der Waals surface area contributed by atoms with Gasteiger partial charge in [0, 0.05) is 37.1 Å². The molecule has 1 atom stereocenters. The summed E-state index contributed by atoms with van der Waals surface area (Å²) >= 11 is 0. The molecule has 12 heteroatoms. The molecule has 1 N–H and O–H groups in total. The van der Waals surface area contributed by atoms with E-state index in [1.165, 1.54) is 34.8 Å². The van der Waals surface area contributed by atoms with Gasteiger partial charge in [0.1, 0.15) is 29.3 Å². The molecule has 1 fully saturated rings. The number of imidazole rings is 1. The molecule has 194 valence electrons. The molecule has 0 radical (unpaired) electrons. The van der Waals surface area contributed by atoms with Gasteiger partial charge in [-0.3, -0.25) is 4.40 Å². The lowest BCUT2D eigenvalue weighted by Gasteiger charge is -2.32. The zero-order valence-electron chi connectivity index (χ0n) is 20.0. The van der Waals surface area contributed by atoms with Gasteiger partial charge >= 0.3 is 5.84 Å². The number of rotatable bonds is 6. The highest BCUT2D eigenvalue weighted by atomic mass is 32.2. The topological polar surface area (TPSA) is 106 Å². The van der Waals surface area contributed by atoms with Crippen LogP contribution in [0.3, 0.4) is 0 Å². The molecule has 1 saturated heterocycles. The van der Waals surface area contributed by atoms with Crippen LogP contribution in [0.2, 0.25) is 0 Å². The second kappa shape index (κ2) is 9.62. The highest BCUT2D eigenvalue weighted by molar-refractivity contribution is 7.89. The molecule has 0 aliphatic carbocycles. The minimum Gasteiger partial charge on any atom is -0.432 e. The molecule has 0 bridgehead atoms. The zero-order valence-corrected chi connectivity index (χ0v) is 20.8. The minimum atomic E-state index is -3.77. The minimum absolute atomic E-state index is 0.0518. The predicted octanol–water partition coefficient (Wildman–Crippen LogP) is 4.59. The van der Waals surface area contributed by atoms with Crippen LogP contribution < -0.4 is 5.32 Å². The first-order valence-corrected chi connectivity index (χ1v) is 13.4. The van der Waals surface area contributed by atoms with Crippen LogP contribution in [0, 0.1) is 11.6 Å². The summed E-state index contributed by atoms with van der Waals surface area (Å²) in [6.45, 7) is 0.584. The van der Waals surface area contributed by atoms with E-state index in [-0.39, 0.29) is 23.3 Å². The van der Waals surface area contributed by atoms with Crippen molar-refractivity contribution in [3.05, 3.63) is 84.9 Å². The van der Waals surface area contributed by atoms with Crippen molar-refractivity contribution in [3.8, 4) is 22.6 Å². The monoisotopic (exact) mass is 536 g/mol. The van der Waals surface area contributed by atoms with Crippen molar-refractivity contribution in [1.82, 2.24) is 23.7 Å². The number of nitrogens with one attached hydrogen (secondary N) is 1. The van der Waals surface area contributed by atoms with Gasteiger partial charge in [0.25, 0.3) is 0 Å². The van der Waals surface area contributed by atoms with E-state index in [1.807, 2.05) is 0 Å². The molecule has 3 aromatic heterocycles. The van der Waals surface area contributed by atoms with Gasteiger partial charge in [0.15, 0.2) is 0 Å². The van der Waals surface area contributed by atoms with Crippen LogP contribution in [0.4, 0.5) is 14.7 Å². The Hall–Kier alpha value is -4.16. The second-order valence-corrected chi connectivity index (χ2v) is 10.9. The van der Waals surface area contributed by atoms with Crippen LogP contribution in [0.1, 0.15) is 12.8 Å². The summed E-state index contributed by atoms with van der Waals surface area (Å²) in [6.07, 6.45) is 6.21. The molecule has 1 aliphatic heterocycles. The second-order valence-electron chi connectivity index (χ2n) is 8.94. The normalized spacial score (nSPS) is 16.6. The van der Waals surface area contributed by atoms with E-state index in [0.717, 1.165) is 18.6 Å². The Labute approximate surface area is 216 Å². The number of benzene rings is 2. The van der Waals surface area contributed by atoms with E-state index in [9.17, 15) is 17.2 Å². The summed E-state index contributed by atoms with van der Waals surface area (Å²) in [4.78, 5) is 13.6. The summed E-state index contributed by atoms with van der Waals surface area (Å²) in [5.41, 5.74) is 2.47. The van der Waals surface area contributed by atoms with E-state index in [2.05, 4.69) is 20.3 Å². The number of hydrogen-bond acceptors (Lipinski definition) is 7. The van der Waals surface area contributed by atoms with Crippen molar-refractivity contribution in [3.63, 3.8) is 0 Å². The number of fused-ring (bicyclic) bond motifs is 1. The summed E-state index contributed by atoms with van der Waals surface area (Å²) in [6, 6.07) is 12.3. The fourth-order valence-electron chi connectivity index (χ4n) is 4.62. The van der Waals surface area contributed by atoms with Crippen molar-refractivity contribution in [1.29, 1.82) is 0 Å². The molecule has 1 aliphatic rings. The lowest BCUT2D eigenvalue weighted by atomic mass is 10.1. The highest BCUT2D eigenvalue weighted by Crippen LogP contribution is 2.32. The zero-order chi connectivity index (χ0) is 26.3. The third-order valence-electron chi connectivity index (χ3n) is 6.45. The number of halogens is 2. The van der Waals surface area contributed by atoms with Crippen molar-refractivity contribution in [2.75, 3.05) is 18.4 Å². The number of nitrogens with zero attached hydrogens (tertiary/aromatic N) is 5. The van der Waals surface area contributed by atoms with Crippen molar-refractivity contribution >= 4 is 21.8 Å². The van der Waals surface area contributed by atoms with Gasteiger partial charge in [-0.05, 0) is 67.4 Å². The average molecular weight is 537 g/mol. The molecule has 5 aromatic rings. The Morgan fingerprint density at radius 1 is 0.974 bits per heavy atom. The lowest BCUT2D eigenvalue weighted by Crippen LogP contribution is -2.45. The van der Waals surface area contributed by atoms with Gasteiger partial charge < -0.3 is 9.73 Å². The van der Waals surface area contributed by atoms with Crippen molar-refractivity contribution in [2.45, 2.75) is 23.8 Å².